The van der Waals surface area contributed by atoms with Crippen LogP contribution in [-0.4, -0.2) is 25.7 Å². The highest BCUT2D eigenvalue weighted by Crippen LogP contribution is 2.39. The zero-order valence-corrected chi connectivity index (χ0v) is 19.2. The van der Waals surface area contributed by atoms with Crippen molar-refractivity contribution >= 4 is 12.0 Å². The molecule has 2 aromatic rings. The third kappa shape index (κ3) is 5.41. The minimum Gasteiger partial charge on any atom is -0.493 e. The van der Waals surface area contributed by atoms with Crippen LogP contribution in [0.5, 0.6) is 11.5 Å². The molecule has 1 unspecified atom stereocenters. The van der Waals surface area contributed by atoms with E-state index in [-0.39, 0.29) is 12.5 Å². The number of aryl methyl sites for hydroxylation is 1. The van der Waals surface area contributed by atoms with Crippen LogP contribution in [0.1, 0.15) is 43.5 Å². The lowest BCUT2D eigenvalue weighted by Gasteiger charge is -2.30. The van der Waals surface area contributed by atoms with Gasteiger partial charge < -0.3 is 24.8 Å². The van der Waals surface area contributed by atoms with Crippen molar-refractivity contribution in [1.29, 1.82) is 0 Å². The standard InChI is InChI=1S/C25H30N2O5/c1-15(2)13-32-24(28)21-17(4)26-25(29)27-22(21)19-10-7-11-20(30-5)23(19)31-14-18-9-6-8-16(3)12-18/h6-12,15,22H,13-14H2,1-5H3,(H2,26,27,29). The predicted molar refractivity (Wildman–Crippen MR) is 121 cm³/mol. The van der Waals surface area contributed by atoms with E-state index in [1.807, 2.05) is 51.1 Å². The summed E-state index contributed by atoms with van der Waals surface area (Å²) in [6.07, 6.45) is 0. The van der Waals surface area contributed by atoms with Gasteiger partial charge in [0, 0.05) is 11.3 Å². The van der Waals surface area contributed by atoms with Crippen LogP contribution in [0.2, 0.25) is 0 Å². The largest absolute Gasteiger partial charge is 0.493 e. The Hall–Kier alpha value is -3.48. The van der Waals surface area contributed by atoms with Crippen molar-refractivity contribution in [2.45, 2.75) is 40.3 Å². The van der Waals surface area contributed by atoms with Gasteiger partial charge in [0.2, 0.25) is 0 Å². The minimum absolute atomic E-state index is 0.189. The number of nitrogens with one attached hydrogen (secondary N) is 2. The molecule has 7 heteroatoms. The Morgan fingerprint density at radius 2 is 1.88 bits per heavy atom. The highest BCUT2D eigenvalue weighted by atomic mass is 16.5. The Labute approximate surface area is 188 Å². The normalized spacial score (nSPS) is 15.8. The first-order valence-electron chi connectivity index (χ1n) is 10.6. The minimum atomic E-state index is -0.744. The third-order valence-electron chi connectivity index (χ3n) is 5.04. The van der Waals surface area contributed by atoms with E-state index < -0.39 is 18.0 Å². The Kier molecular flexibility index (Phi) is 7.41. The van der Waals surface area contributed by atoms with E-state index >= 15 is 0 Å². The summed E-state index contributed by atoms with van der Waals surface area (Å²) in [5, 5.41) is 5.50. The fraction of sp³-hybridized carbons (Fsp3) is 0.360. The van der Waals surface area contributed by atoms with Crippen molar-refractivity contribution in [1.82, 2.24) is 10.6 Å². The van der Waals surface area contributed by atoms with Crippen LogP contribution in [0, 0.1) is 12.8 Å². The molecule has 1 atom stereocenters. The molecule has 0 saturated carbocycles. The van der Waals surface area contributed by atoms with Gasteiger partial charge in [-0.3, -0.25) is 0 Å². The number of methoxy groups -OCH3 is 1. The summed E-state index contributed by atoms with van der Waals surface area (Å²) < 4.78 is 17.2. The first kappa shape index (κ1) is 23.2. The van der Waals surface area contributed by atoms with Crippen molar-refractivity contribution < 1.29 is 23.8 Å². The van der Waals surface area contributed by atoms with Crippen LogP contribution >= 0.6 is 0 Å². The summed E-state index contributed by atoms with van der Waals surface area (Å²) in [6, 6.07) is 12.3. The van der Waals surface area contributed by atoms with Gasteiger partial charge >= 0.3 is 12.0 Å². The highest BCUT2D eigenvalue weighted by Gasteiger charge is 2.35. The quantitative estimate of drug-likeness (QED) is 0.597. The van der Waals surface area contributed by atoms with E-state index in [0.29, 0.717) is 34.9 Å². The molecule has 1 heterocycles. The Morgan fingerprint density at radius 1 is 1.12 bits per heavy atom. The van der Waals surface area contributed by atoms with Gasteiger partial charge in [0.15, 0.2) is 11.5 Å². The van der Waals surface area contributed by atoms with Crippen molar-refractivity contribution in [3.05, 3.63) is 70.4 Å². The van der Waals surface area contributed by atoms with E-state index in [1.54, 1.807) is 26.2 Å². The number of carbonyl (C=O) groups is 2. The molecule has 0 radical (unpaired) electrons. The number of amides is 2. The molecule has 2 aromatic carbocycles. The number of allylic oxidation sites excluding steroid dienone is 1. The smallest absolute Gasteiger partial charge is 0.338 e. The Bertz CT molecular complexity index is 1030. The maximum atomic E-state index is 12.9. The molecule has 2 amide bonds. The molecule has 0 saturated heterocycles. The van der Waals surface area contributed by atoms with Crippen molar-refractivity contribution in [2.24, 2.45) is 5.92 Å². The number of rotatable bonds is 8. The Morgan fingerprint density at radius 3 is 2.56 bits per heavy atom. The summed E-state index contributed by atoms with van der Waals surface area (Å²) in [7, 11) is 1.55. The van der Waals surface area contributed by atoms with Gasteiger partial charge in [0.25, 0.3) is 0 Å². The summed E-state index contributed by atoms with van der Waals surface area (Å²) in [6.45, 7) is 8.23. The van der Waals surface area contributed by atoms with Gasteiger partial charge in [0.1, 0.15) is 6.61 Å². The lowest BCUT2D eigenvalue weighted by atomic mass is 9.94. The molecule has 32 heavy (non-hydrogen) atoms. The first-order chi connectivity index (χ1) is 15.3. The molecule has 170 valence electrons. The van der Waals surface area contributed by atoms with E-state index in [0.717, 1.165) is 11.1 Å². The molecule has 0 aliphatic carbocycles. The van der Waals surface area contributed by atoms with E-state index in [1.165, 1.54) is 0 Å². The number of esters is 1. The van der Waals surface area contributed by atoms with Crippen LogP contribution in [0.3, 0.4) is 0 Å². The zero-order chi connectivity index (χ0) is 23.3. The predicted octanol–water partition coefficient (Wildman–Crippen LogP) is 4.41. The van der Waals surface area contributed by atoms with Crippen LogP contribution in [-0.2, 0) is 16.1 Å². The number of hydrogen-bond acceptors (Lipinski definition) is 5. The number of hydrogen-bond donors (Lipinski definition) is 2. The fourth-order valence-corrected chi connectivity index (χ4v) is 3.55. The summed E-state index contributed by atoms with van der Waals surface area (Å²) in [5.74, 6) is 0.678. The maximum absolute atomic E-state index is 12.9. The summed E-state index contributed by atoms with van der Waals surface area (Å²) >= 11 is 0. The third-order valence-corrected chi connectivity index (χ3v) is 5.04. The molecular formula is C25H30N2O5. The average Bonchev–Trinajstić information content (AvgIpc) is 2.75. The molecular weight excluding hydrogens is 408 g/mol. The van der Waals surface area contributed by atoms with Crippen LogP contribution < -0.4 is 20.1 Å². The molecule has 0 spiro atoms. The zero-order valence-electron chi connectivity index (χ0n) is 19.2. The average molecular weight is 439 g/mol. The molecule has 1 aliphatic heterocycles. The molecule has 1 aliphatic rings. The molecule has 0 bridgehead atoms. The van der Waals surface area contributed by atoms with Crippen molar-refractivity contribution in [2.75, 3.05) is 13.7 Å². The van der Waals surface area contributed by atoms with Crippen LogP contribution in [0.25, 0.3) is 0 Å². The number of ether oxygens (including phenoxy) is 3. The lowest BCUT2D eigenvalue weighted by Crippen LogP contribution is -2.45. The molecule has 7 nitrogen and oxygen atoms in total. The van der Waals surface area contributed by atoms with Gasteiger partial charge in [-0.05, 0) is 31.4 Å². The summed E-state index contributed by atoms with van der Waals surface area (Å²) in [4.78, 5) is 25.2. The topological polar surface area (TPSA) is 85.9 Å². The van der Waals surface area contributed by atoms with Gasteiger partial charge in [0.05, 0.1) is 25.3 Å². The van der Waals surface area contributed by atoms with Crippen molar-refractivity contribution in [3.8, 4) is 11.5 Å². The van der Waals surface area contributed by atoms with Gasteiger partial charge in [-0.1, -0.05) is 55.8 Å². The SMILES string of the molecule is COc1cccc(C2NC(=O)NC(C)=C2C(=O)OCC(C)C)c1OCc1cccc(C)c1. The second-order valence-electron chi connectivity index (χ2n) is 8.22. The molecule has 0 fully saturated rings. The molecule has 0 aromatic heterocycles. The van der Waals surface area contributed by atoms with Crippen molar-refractivity contribution in [3.63, 3.8) is 0 Å². The lowest BCUT2D eigenvalue weighted by molar-refractivity contribution is -0.140. The second kappa shape index (κ2) is 10.2. The van der Waals surface area contributed by atoms with Gasteiger partial charge in [-0.15, -0.1) is 0 Å². The van der Waals surface area contributed by atoms with Crippen LogP contribution in [0.4, 0.5) is 4.79 Å². The molecule has 2 N–H and O–H groups in total. The fourth-order valence-electron chi connectivity index (χ4n) is 3.55. The Balaban J connectivity index is 1.99. The van der Waals surface area contributed by atoms with E-state index in [4.69, 9.17) is 14.2 Å². The number of urea groups is 1. The molecule has 3 rings (SSSR count). The highest BCUT2D eigenvalue weighted by molar-refractivity contribution is 5.95. The number of para-hydroxylation sites is 1. The first-order valence-corrected chi connectivity index (χ1v) is 10.6. The second-order valence-corrected chi connectivity index (χ2v) is 8.22. The number of benzene rings is 2. The maximum Gasteiger partial charge on any atom is 0.338 e. The van der Waals surface area contributed by atoms with E-state index in [2.05, 4.69) is 10.6 Å². The van der Waals surface area contributed by atoms with E-state index in [9.17, 15) is 9.59 Å². The van der Waals surface area contributed by atoms with Crippen LogP contribution in [0.15, 0.2) is 53.7 Å². The summed E-state index contributed by atoms with van der Waals surface area (Å²) in [5.41, 5.74) is 3.52. The van der Waals surface area contributed by atoms with Gasteiger partial charge in [-0.2, -0.15) is 0 Å². The van der Waals surface area contributed by atoms with Gasteiger partial charge in [-0.25, -0.2) is 9.59 Å². The monoisotopic (exact) mass is 438 g/mol. The number of carbonyl (C=O) groups excluding carboxylic acids is 2.